The molecule has 0 amide bonds. The Balaban J connectivity index is 1.65. The van der Waals surface area contributed by atoms with Crippen LogP contribution < -0.4 is 9.19 Å². The number of nitrogens with zero attached hydrogens (tertiary/aromatic N) is 1. The van der Waals surface area contributed by atoms with Gasteiger partial charge in [0.25, 0.3) is 0 Å². The van der Waals surface area contributed by atoms with Gasteiger partial charge in [0, 0.05) is 23.1 Å². The highest BCUT2D eigenvalue weighted by Crippen LogP contribution is 2.77. The largest absolute Gasteiger partial charge is 0.422 e. The van der Waals surface area contributed by atoms with Crippen molar-refractivity contribution in [3.63, 3.8) is 0 Å². The maximum absolute atomic E-state index is 6.63. The van der Waals surface area contributed by atoms with Gasteiger partial charge in [-0.2, -0.15) is 0 Å². The summed E-state index contributed by atoms with van der Waals surface area (Å²) in [7, 11) is 0. The van der Waals surface area contributed by atoms with Crippen LogP contribution >= 0.6 is 6.64 Å². The van der Waals surface area contributed by atoms with Crippen LogP contribution in [0.25, 0.3) is 0 Å². The molecule has 3 unspecified atom stereocenters. The van der Waals surface area contributed by atoms with Crippen molar-refractivity contribution in [2.24, 2.45) is 16.7 Å². The molecule has 0 spiro atoms. The van der Waals surface area contributed by atoms with Gasteiger partial charge < -0.3 is 9.05 Å². The molecular weight excluding hydrogens is 373 g/mol. The molecule has 3 atom stereocenters. The van der Waals surface area contributed by atoms with Gasteiger partial charge in [-0.05, 0) is 42.5 Å². The van der Waals surface area contributed by atoms with Crippen molar-refractivity contribution in [1.82, 2.24) is 0 Å². The van der Waals surface area contributed by atoms with Gasteiger partial charge in [-0.15, -0.1) is 0 Å². The zero-order valence-electron chi connectivity index (χ0n) is 15.9. The van der Waals surface area contributed by atoms with E-state index in [0.717, 1.165) is 23.6 Å². The lowest BCUT2D eigenvalue weighted by atomic mass is 9.70. The van der Waals surface area contributed by atoms with Crippen LogP contribution in [0.5, 0.6) is 5.75 Å². The lowest BCUT2D eigenvalue weighted by Gasteiger charge is -2.39. The second kappa shape index (κ2) is 5.62. The van der Waals surface area contributed by atoms with E-state index in [0.29, 0.717) is 5.92 Å². The maximum atomic E-state index is 6.63. The highest BCUT2D eigenvalue weighted by atomic mass is 32.5. The summed E-state index contributed by atoms with van der Waals surface area (Å²) in [6.45, 7) is 4.34. The van der Waals surface area contributed by atoms with Crippen LogP contribution in [0.3, 0.4) is 0 Å². The van der Waals surface area contributed by atoms with E-state index < -0.39 is 6.64 Å². The molecular formula is C22H24NO2PS. The number of para-hydroxylation sites is 2. The third-order valence-corrected chi connectivity index (χ3v) is 9.66. The van der Waals surface area contributed by atoms with E-state index in [1.54, 1.807) is 0 Å². The Labute approximate surface area is 166 Å². The second-order valence-electron chi connectivity index (χ2n) is 8.47. The van der Waals surface area contributed by atoms with Crippen molar-refractivity contribution in [3.8, 4) is 5.75 Å². The zero-order chi connectivity index (χ0) is 18.9. The number of anilines is 1. The van der Waals surface area contributed by atoms with Crippen molar-refractivity contribution in [1.29, 1.82) is 0 Å². The first kappa shape index (κ1) is 17.3. The van der Waals surface area contributed by atoms with E-state index in [9.17, 15) is 0 Å². The molecule has 0 saturated heterocycles. The highest BCUT2D eigenvalue weighted by Gasteiger charge is 2.68. The molecule has 1 aliphatic heterocycles. The lowest BCUT2D eigenvalue weighted by molar-refractivity contribution is 0.128. The topological polar surface area (TPSA) is 21.7 Å². The number of benzene rings is 2. The van der Waals surface area contributed by atoms with Gasteiger partial charge in [0.1, 0.15) is 11.5 Å². The van der Waals surface area contributed by atoms with Crippen molar-refractivity contribution in [3.05, 3.63) is 72.1 Å². The van der Waals surface area contributed by atoms with Crippen LogP contribution in [-0.4, -0.2) is 0 Å². The average molecular weight is 397 g/mol. The minimum absolute atomic E-state index is 0.0145. The number of rotatable bonds is 3. The zero-order valence-corrected chi connectivity index (χ0v) is 17.6. The Morgan fingerprint density at radius 1 is 1.04 bits per heavy atom. The summed E-state index contributed by atoms with van der Waals surface area (Å²) in [5.74, 6) is 2.29. The predicted octanol–water partition coefficient (Wildman–Crippen LogP) is 6.49. The van der Waals surface area contributed by atoms with Crippen LogP contribution in [0.2, 0.25) is 0 Å². The molecule has 2 aromatic rings. The van der Waals surface area contributed by atoms with E-state index in [-0.39, 0.29) is 10.8 Å². The smallest absolute Gasteiger partial charge is 0.399 e. The number of allylic oxidation sites excluding steroid dienone is 2. The Morgan fingerprint density at radius 2 is 1.67 bits per heavy atom. The Morgan fingerprint density at radius 3 is 2.33 bits per heavy atom. The van der Waals surface area contributed by atoms with Crippen molar-refractivity contribution >= 4 is 24.1 Å². The van der Waals surface area contributed by atoms with Crippen LogP contribution in [-0.2, 0) is 16.3 Å². The van der Waals surface area contributed by atoms with E-state index >= 15 is 0 Å². The predicted molar refractivity (Wildman–Crippen MR) is 113 cm³/mol. The first-order valence-corrected chi connectivity index (χ1v) is 12.1. The molecule has 3 nitrogen and oxygen atoms in total. The molecule has 2 bridgehead atoms. The normalized spacial score (nSPS) is 33.1. The number of hydrogen-bond acceptors (Lipinski definition) is 3. The fourth-order valence-corrected chi connectivity index (χ4v) is 8.08. The summed E-state index contributed by atoms with van der Waals surface area (Å²) in [5.41, 5.74) is 2.51. The van der Waals surface area contributed by atoms with Crippen molar-refractivity contribution in [2.45, 2.75) is 33.6 Å². The SMILES string of the molecule is CC12CCC(C3=C1OP(=S)(Oc1ccccc1)N3c1ccccc1)C2(C)C. The van der Waals surface area contributed by atoms with Gasteiger partial charge in [0.15, 0.2) is 0 Å². The van der Waals surface area contributed by atoms with Gasteiger partial charge in [-0.3, -0.25) is 4.67 Å². The summed E-state index contributed by atoms with van der Waals surface area (Å²) in [6, 6.07) is 20.2. The summed E-state index contributed by atoms with van der Waals surface area (Å²) in [5, 5.41) is 0. The quantitative estimate of drug-likeness (QED) is 0.552. The number of fused-ring (bicyclic) bond motifs is 4. The minimum atomic E-state index is -2.74. The van der Waals surface area contributed by atoms with E-state index in [1.807, 2.05) is 36.4 Å². The van der Waals surface area contributed by atoms with Crippen LogP contribution in [0.15, 0.2) is 72.1 Å². The standard InChI is InChI=1S/C22H24NO2PS/c1-21(2)18-14-15-22(21,3)20-19(18)23(16-10-6-4-7-11-16)26(27,25-20)24-17-12-8-5-9-13-17/h4-13,18H,14-15H2,1-3H3. The van der Waals surface area contributed by atoms with Gasteiger partial charge in [-0.1, -0.05) is 57.2 Å². The summed E-state index contributed by atoms with van der Waals surface area (Å²) in [4.78, 5) is 0. The molecule has 0 aromatic heterocycles. The Bertz CT molecular complexity index is 972. The van der Waals surface area contributed by atoms with Crippen LogP contribution in [0.4, 0.5) is 5.69 Å². The Kier molecular flexibility index (Phi) is 3.61. The number of hydrogen-bond donors (Lipinski definition) is 0. The first-order valence-electron chi connectivity index (χ1n) is 9.51. The summed E-state index contributed by atoms with van der Waals surface area (Å²) < 4.78 is 15.2. The third-order valence-electron chi connectivity index (χ3n) is 6.93. The summed E-state index contributed by atoms with van der Waals surface area (Å²) >= 11 is 6.12. The van der Waals surface area contributed by atoms with E-state index in [1.165, 1.54) is 12.1 Å². The third kappa shape index (κ3) is 2.23. The van der Waals surface area contributed by atoms with Crippen LogP contribution in [0.1, 0.15) is 33.6 Å². The highest BCUT2D eigenvalue weighted by molar-refractivity contribution is 8.11. The molecule has 2 aliphatic carbocycles. The maximum Gasteiger partial charge on any atom is 0.399 e. The van der Waals surface area contributed by atoms with Crippen molar-refractivity contribution < 1.29 is 9.05 Å². The fourth-order valence-electron chi connectivity index (χ4n) is 5.03. The Hall–Kier alpha value is -1.77. The molecule has 2 aromatic carbocycles. The van der Waals surface area contributed by atoms with Gasteiger partial charge in [-0.25, -0.2) is 0 Å². The summed E-state index contributed by atoms with van der Waals surface area (Å²) in [6.07, 6.45) is 2.32. The molecule has 1 saturated carbocycles. The molecule has 5 rings (SSSR count). The molecule has 140 valence electrons. The molecule has 1 heterocycles. The lowest BCUT2D eigenvalue weighted by Crippen LogP contribution is -2.33. The van der Waals surface area contributed by atoms with Gasteiger partial charge >= 0.3 is 6.64 Å². The monoisotopic (exact) mass is 397 g/mol. The van der Waals surface area contributed by atoms with E-state index in [4.69, 9.17) is 20.9 Å². The fraction of sp³-hybridized carbons (Fsp3) is 0.364. The van der Waals surface area contributed by atoms with Crippen LogP contribution in [0, 0.1) is 16.7 Å². The first-order chi connectivity index (χ1) is 12.9. The van der Waals surface area contributed by atoms with Gasteiger partial charge in [0.2, 0.25) is 0 Å². The molecule has 3 aliphatic rings. The molecule has 5 heteroatoms. The molecule has 0 radical (unpaired) electrons. The van der Waals surface area contributed by atoms with Gasteiger partial charge in [0.05, 0.1) is 11.4 Å². The minimum Gasteiger partial charge on any atom is -0.422 e. The molecule has 0 N–H and O–H groups in total. The van der Waals surface area contributed by atoms with Crippen molar-refractivity contribution in [2.75, 3.05) is 4.67 Å². The molecule has 1 fully saturated rings. The van der Waals surface area contributed by atoms with E-state index in [2.05, 4.69) is 49.7 Å². The molecule has 27 heavy (non-hydrogen) atoms. The average Bonchev–Trinajstić information content (AvgIpc) is 3.14. The second-order valence-corrected chi connectivity index (χ2v) is 11.6.